The van der Waals surface area contributed by atoms with Crippen LogP contribution in [0.25, 0.3) is 0 Å². The van der Waals surface area contributed by atoms with E-state index in [1.807, 2.05) is 26.0 Å². The Morgan fingerprint density at radius 2 is 2.03 bits per heavy atom. The third kappa shape index (κ3) is 8.96. The van der Waals surface area contributed by atoms with Crippen LogP contribution in [-0.4, -0.2) is 50.5 Å². The summed E-state index contributed by atoms with van der Waals surface area (Å²) >= 11 is 0. The molecule has 35 heavy (non-hydrogen) atoms. The molecule has 0 aliphatic carbocycles. The summed E-state index contributed by atoms with van der Waals surface area (Å²) in [6.07, 6.45) is 4.22. The molecule has 0 unspecified atom stereocenters. The number of nitrogens with zero attached hydrogens (tertiary/aromatic N) is 2. The normalized spacial score (nSPS) is 15.0. The van der Waals surface area contributed by atoms with Crippen LogP contribution in [0.5, 0.6) is 0 Å². The fourth-order valence-electron chi connectivity index (χ4n) is 3.70. The van der Waals surface area contributed by atoms with Crippen molar-refractivity contribution in [2.45, 2.75) is 40.3 Å². The van der Waals surface area contributed by atoms with E-state index in [4.69, 9.17) is 10.8 Å². The molecule has 7 heteroatoms. The van der Waals surface area contributed by atoms with Gasteiger partial charge in [0, 0.05) is 56.2 Å². The molecule has 1 aromatic carbocycles. The van der Waals surface area contributed by atoms with Crippen molar-refractivity contribution in [3.8, 4) is 0 Å². The highest BCUT2D eigenvalue weighted by atomic mass is 15.5. The quantitative estimate of drug-likeness (QED) is 0.170. The second kappa shape index (κ2) is 13.8. The van der Waals surface area contributed by atoms with Gasteiger partial charge in [-0.2, -0.15) is 5.10 Å². The predicted molar refractivity (Wildman–Crippen MR) is 150 cm³/mol. The summed E-state index contributed by atoms with van der Waals surface area (Å²) in [5, 5.41) is 13.6. The van der Waals surface area contributed by atoms with Crippen LogP contribution in [0.3, 0.4) is 0 Å². The lowest BCUT2D eigenvalue weighted by molar-refractivity contribution is 0.251. The van der Waals surface area contributed by atoms with Crippen molar-refractivity contribution in [1.82, 2.24) is 26.5 Å². The zero-order valence-corrected chi connectivity index (χ0v) is 22.3. The van der Waals surface area contributed by atoms with Crippen molar-refractivity contribution in [2.24, 2.45) is 10.8 Å². The summed E-state index contributed by atoms with van der Waals surface area (Å²) in [6.45, 7) is 19.2. The van der Waals surface area contributed by atoms with E-state index in [0.717, 1.165) is 40.4 Å². The minimum atomic E-state index is 0.215. The maximum absolute atomic E-state index is 6.00. The van der Waals surface area contributed by atoms with Gasteiger partial charge in [-0.1, -0.05) is 31.4 Å². The second-order valence-corrected chi connectivity index (χ2v) is 9.23. The first-order valence-corrected chi connectivity index (χ1v) is 12.1. The molecule has 1 aliphatic rings. The first-order valence-electron chi connectivity index (χ1n) is 12.1. The maximum Gasteiger partial charge on any atom is 0.0905 e. The van der Waals surface area contributed by atoms with Gasteiger partial charge < -0.3 is 21.8 Å². The average molecular weight is 478 g/mol. The summed E-state index contributed by atoms with van der Waals surface area (Å²) in [7, 11) is 3.93. The van der Waals surface area contributed by atoms with E-state index in [1.165, 1.54) is 16.7 Å². The molecular formula is C28H43N7. The third-order valence-electron chi connectivity index (χ3n) is 5.72. The Balaban J connectivity index is 2.32. The zero-order valence-electron chi connectivity index (χ0n) is 22.3. The van der Waals surface area contributed by atoms with E-state index in [1.54, 1.807) is 0 Å². The largest absolute Gasteiger partial charge is 0.359 e. The van der Waals surface area contributed by atoms with Gasteiger partial charge in [-0.25, -0.2) is 5.01 Å². The molecule has 0 saturated carbocycles. The monoisotopic (exact) mass is 477 g/mol. The molecule has 0 radical (unpaired) electrons. The van der Waals surface area contributed by atoms with Gasteiger partial charge in [-0.15, -0.1) is 0 Å². The van der Waals surface area contributed by atoms with E-state index in [-0.39, 0.29) is 6.04 Å². The van der Waals surface area contributed by atoms with Crippen LogP contribution in [0.4, 0.5) is 0 Å². The van der Waals surface area contributed by atoms with Crippen molar-refractivity contribution in [1.29, 1.82) is 0 Å². The number of benzene rings is 1. The SMILES string of the molecule is C=C1NC(C)=CC(C)=C1CNC/C(=C/C(=N\NC(C)C)c1cccc(CN(C)NC)c1)C(=C)CN. The molecule has 2 rings (SSSR count). The minimum Gasteiger partial charge on any atom is -0.359 e. The Labute approximate surface area is 211 Å². The smallest absolute Gasteiger partial charge is 0.0905 e. The van der Waals surface area contributed by atoms with E-state index in [9.17, 15) is 0 Å². The lowest BCUT2D eigenvalue weighted by atomic mass is 10.00. The molecule has 7 nitrogen and oxygen atoms in total. The lowest BCUT2D eigenvalue weighted by Crippen LogP contribution is -2.30. The van der Waals surface area contributed by atoms with Gasteiger partial charge in [-0.05, 0) is 80.8 Å². The second-order valence-electron chi connectivity index (χ2n) is 9.23. The van der Waals surface area contributed by atoms with Crippen LogP contribution < -0.4 is 27.2 Å². The number of hydrogen-bond acceptors (Lipinski definition) is 7. The van der Waals surface area contributed by atoms with Crippen molar-refractivity contribution in [3.05, 3.63) is 94.4 Å². The van der Waals surface area contributed by atoms with Crippen LogP contribution in [0.15, 0.2) is 88.4 Å². The summed E-state index contributed by atoms with van der Waals surface area (Å²) in [5.74, 6) is 0. The number of allylic oxidation sites excluding steroid dienone is 4. The number of hydrazone groups is 1. The molecule has 0 fully saturated rings. The summed E-state index contributed by atoms with van der Waals surface area (Å²) in [6, 6.07) is 8.65. The Morgan fingerprint density at radius 3 is 2.66 bits per heavy atom. The maximum atomic E-state index is 6.00. The van der Waals surface area contributed by atoms with Crippen LogP contribution in [0.2, 0.25) is 0 Å². The van der Waals surface area contributed by atoms with E-state index in [0.29, 0.717) is 19.6 Å². The van der Waals surface area contributed by atoms with Gasteiger partial charge >= 0.3 is 0 Å². The highest BCUT2D eigenvalue weighted by Gasteiger charge is 2.13. The van der Waals surface area contributed by atoms with Crippen LogP contribution >= 0.6 is 0 Å². The third-order valence-corrected chi connectivity index (χ3v) is 5.72. The van der Waals surface area contributed by atoms with E-state index >= 15 is 0 Å². The molecule has 0 atom stereocenters. The lowest BCUT2D eigenvalue weighted by Gasteiger charge is -2.22. The average Bonchev–Trinajstić information content (AvgIpc) is 2.81. The van der Waals surface area contributed by atoms with E-state index < -0.39 is 0 Å². The summed E-state index contributed by atoms with van der Waals surface area (Å²) in [5.41, 5.74) is 21.7. The number of hydrazine groups is 1. The molecule has 1 aromatic rings. The standard InChI is InChI=1S/C28H43N7/c1-19(2)33-34-28(25-11-9-10-24(13-25)18-35(8)30-7)14-26(21(4)15-29)16-31-17-27-20(3)12-22(5)32-23(27)6/h9-14,19,30-33H,4,6,15-18,29H2,1-3,5,7-8H3/b26-14-,34-28+. The van der Waals surface area contributed by atoms with Gasteiger partial charge in [-0.3, -0.25) is 5.43 Å². The number of hydrogen-bond donors (Lipinski definition) is 5. The van der Waals surface area contributed by atoms with Crippen LogP contribution in [0.1, 0.15) is 38.8 Å². The summed E-state index contributed by atoms with van der Waals surface area (Å²) in [4.78, 5) is 0. The van der Waals surface area contributed by atoms with Crippen molar-refractivity contribution in [3.63, 3.8) is 0 Å². The Kier molecular flexibility index (Phi) is 11.1. The molecule has 190 valence electrons. The number of nitrogens with two attached hydrogens (primary N) is 1. The van der Waals surface area contributed by atoms with Crippen LogP contribution in [-0.2, 0) is 6.54 Å². The highest BCUT2D eigenvalue weighted by molar-refractivity contribution is 6.09. The van der Waals surface area contributed by atoms with Gasteiger partial charge in [0.1, 0.15) is 0 Å². The molecule has 6 N–H and O–H groups in total. The number of rotatable bonds is 13. The fourth-order valence-corrected chi connectivity index (χ4v) is 3.70. The molecular weight excluding hydrogens is 434 g/mol. The topological polar surface area (TPSA) is 89.7 Å². The predicted octanol–water partition coefficient (Wildman–Crippen LogP) is 3.32. The first kappa shape index (κ1) is 28.3. The molecule has 0 spiro atoms. The highest BCUT2D eigenvalue weighted by Crippen LogP contribution is 2.19. The minimum absolute atomic E-state index is 0.215. The Bertz CT molecular complexity index is 1030. The summed E-state index contributed by atoms with van der Waals surface area (Å²) < 4.78 is 0. The van der Waals surface area contributed by atoms with Gasteiger partial charge in [0.05, 0.1) is 5.71 Å². The molecule has 0 bridgehead atoms. The Hall–Kier alpha value is -2.97. The van der Waals surface area contributed by atoms with Gasteiger partial charge in [0.15, 0.2) is 0 Å². The molecule has 1 heterocycles. The van der Waals surface area contributed by atoms with Gasteiger partial charge in [0.2, 0.25) is 0 Å². The van der Waals surface area contributed by atoms with Crippen molar-refractivity contribution in [2.75, 3.05) is 33.7 Å². The number of dihydropyridines is 1. The fraction of sp³-hybridized carbons (Fsp3) is 0.393. The van der Waals surface area contributed by atoms with Crippen molar-refractivity contribution >= 4 is 5.71 Å². The van der Waals surface area contributed by atoms with Crippen molar-refractivity contribution < 1.29 is 0 Å². The van der Waals surface area contributed by atoms with E-state index in [2.05, 4.69) is 91.8 Å². The molecule has 0 aromatic heterocycles. The Morgan fingerprint density at radius 1 is 1.29 bits per heavy atom. The molecule has 0 amide bonds. The molecule has 1 aliphatic heterocycles. The zero-order chi connectivity index (χ0) is 26.0. The first-order chi connectivity index (χ1) is 16.6. The van der Waals surface area contributed by atoms with Crippen LogP contribution in [0, 0.1) is 0 Å². The number of nitrogens with one attached hydrogen (secondary N) is 4. The van der Waals surface area contributed by atoms with Gasteiger partial charge in [0.25, 0.3) is 0 Å². The molecule has 0 saturated heterocycles.